The molecule has 0 saturated carbocycles. The summed E-state index contributed by atoms with van der Waals surface area (Å²) in [5.41, 5.74) is 5.85. The van der Waals surface area contributed by atoms with Gasteiger partial charge in [0.2, 0.25) is 0 Å². The number of rotatable bonds is 7. The van der Waals surface area contributed by atoms with E-state index in [1.54, 1.807) is 0 Å². The summed E-state index contributed by atoms with van der Waals surface area (Å²) in [4.78, 5) is 2.52. The highest BCUT2D eigenvalue weighted by Crippen LogP contribution is 2.04. The van der Waals surface area contributed by atoms with Gasteiger partial charge in [0.1, 0.15) is 0 Å². The highest BCUT2D eigenvalue weighted by molar-refractivity contribution is 4.68. The molecule has 2 N–H and O–H groups in total. The van der Waals surface area contributed by atoms with Crippen LogP contribution in [0.15, 0.2) is 0 Å². The van der Waals surface area contributed by atoms with Gasteiger partial charge in [0.25, 0.3) is 0 Å². The molecule has 0 heterocycles. The first-order valence-corrected chi connectivity index (χ1v) is 5.59. The van der Waals surface area contributed by atoms with Crippen molar-refractivity contribution in [3.05, 3.63) is 0 Å². The van der Waals surface area contributed by atoms with Gasteiger partial charge in [-0.2, -0.15) is 0 Å². The lowest BCUT2D eigenvalue weighted by Gasteiger charge is -2.26. The second kappa shape index (κ2) is 7.34. The minimum atomic E-state index is 0.316. The first-order chi connectivity index (χ1) is 6.11. The zero-order valence-corrected chi connectivity index (χ0v) is 9.71. The molecule has 0 fully saturated rings. The van der Waals surface area contributed by atoms with E-state index in [1.165, 1.54) is 25.9 Å². The molecular weight excluding hydrogens is 160 g/mol. The molecule has 80 valence electrons. The first-order valence-electron chi connectivity index (χ1n) is 5.59. The smallest absolute Gasteiger partial charge is 0.00483 e. The summed E-state index contributed by atoms with van der Waals surface area (Å²) in [5, 5.41) is 0. The lowest BCUT2D eigenvalue weighted by atomic mass is 10.0. The molecular formula is C11H26N2. The van der Waals surface area contributed by atoms with Crippen LogP contribution in [0.25, 0.3) is 0 Å². The minimum Gasteiger partial charge on any atom is -0.328 e. The van der Waals surface area contributed by atoms with Crippen molar-refractivity contribution in [3.8, 4) is 0 Å². The second-order valence-electron chi connectivity index (χ2n) is 4.14. The van der Waals surface area contributed by atoms with E-state index in [-0.39, 0.29) is 0 Å². The van der Waals surface area contributed by atoms with Gasteiger partial charge in [0.05, 0.1) is 0 Å². The van der Waals surface area contributed by atoms with Gasteiger partial charge in [-0.25, -0.2) is 0 Å². The van der Waals surface area contributed by atoms with Crippen LogP contribution in [0.5, 0.6) is 0 Å². The Morgan fingerprint density at radius 2 is 1.54 bits per heavy atom. The van der Waals surface area contributed by atoms with E-state index in [1.807, 2.05) is 0 Å². The van der Waals surface area contributed by atoms with Gasteiger partial charge in [0, 0.05) is 12.6 Å². The van der Waals surface area contributed by atoms with Crippen molar-refractivity contribution < 1.29 is 0 Å². The van der Waals surface area contributed by atoms with Crippen LogP contribution < -0.4 is 5.73 Å². The third-order valence-electron chi connectivity index (χ3n) is 2.52. The fraction of sp³-hybridized carbons (Fsp3) is 1.00. The van der Waals surface area contributed by atoms with Crippen LogP contribution in [0.2, 0.25) is 0 Å². The second-order valence-corrected chi connectivity index (χ2v) is 4.14. The number of nitrogens with two attached hydrogens (primary N) is 1. The SMILES string of the molecule is CCCN(CCC)CC(C)C(C)N. The Morgan fingerprint density at radius 3 is 1.85 bits per heavy atom. The van der Waals surface area contributed by atoms with Crippen LogP contribution in [0, 0.1) is 5.92 Å². The van der Waals surface area contributed by atoms with Crippen LogP contribution in [0.4, 0.5) is 0 Å². The van der Waals surface area contributed by atoms with E-state index in [0.29, 0.717) is 12.0 Å². The largest absolute Gasteiger partial charge is 0.328 e. The van der Waals surface area contributed by atoms with Crippen molar-refractivity contribution in [3.63, 3.8) is 0 Å². The molecule has 2 heteroatoms. The third-order valence-corrected chi connectivity index (χ3v) is 2.52. The van der Waals surface area contributed by atoms with E-state index in [9.17, 15) is 0 Å². The molecule has 0 aromatic heterocycles. The summed E-state index contributed by atoms with van der Waals surface area (Å²) in [5.74, 6) is 0.609. The van der Waals surface area contributed by atoms with Crippen LogP contribution >= 0.6 is 0 Å². The normalized spacial score (nSPS) is 16.2. The molecule has 2 atom stereocenters. The van der Waals surface area contributed by atoms with E-state index in [2.05, 4.69) is 32.6 Å². The summed E-state index contributed by atoms with van der Waals surface area (Å²) in [7, 11) is 0. The van der Waals surface area contributed by atoms with Crippen molar-refractivity contribution in [2.24, 2.45) is 11.7 Å². The quantitative estimate of drug-likeness (QED) is 0.659. The van der Waals surface area contributed by atoms with Gasteiger partial charge in [0.15, 0.2) is 0 Å². The fourth-order valence-corrected chi connectivity index (χ4v) is 1.50. The maximum absolute atomic E-state index is 5.85. The summed E-state index contributed by atoms with van der Waals surface area (Å²) < 4.78 is 0. The highest BCUT2D eigenvalue weighted by atomic mass is 15.1. The molecule has 0 rings (SSSR count). The Kier molecular flexibility index (Phi) is 7.29. The Balaban J connectivity index is 3.78. The van der Waals surface area contributed by atoms with E-state index >= 15 is 0 Å². The van der Waals surface area contributed by atoms with Crippen molar-refractivity contribution in [2.75, 3.05) is 19.6 Å². The molecule has 0 aliphatic rings. The van der Waals surface area contributed by atoms with Crippen molar-refractivity contribution in [1.82, 2.24) is 4.90 Å². The Labute approximate surface area is 83.5 Å². The van der Waals surface area contributed by atoms with E-state index in [0.717, 1.165) is 6.54 Å². The minimum absolute atomic E-state index is 0.316. The maximum atomic E-state index is 5.85. The molecule has 0 aliphatic heterocycles. The lowest BCUT2D eigenvalue weighted by Crippen LogP contribution is -2.37. The van der Waals surface area contributed by atoms with E-state index < -0.39 is 0 Å². The molecule has 0 amide bonds. The molecule has 0 radical (unpaired) electrons. The Bertz CT molecular complexity index is 107. The van der Waals surface area contributed by atoms with Crippen LogP contribution in [-0.2, 0) is 0 Å². The van der Waals surface area contributed by atoms with Crippen molar-refractivity contribution >= 4 is 0 Å². The average molecular weight is 186 g/mol. The molecule has 0 aromatic rings. The maximum Gasteiger partial charge on any atom is 0.00483 e. The van der Waals surface area contributed by atoms with Gasteiger partial charge in [-0.3, -0.25) is 0 Å². The van der Waals surface area contributed by atoms with E-state index in [4.69, 9.17) is 5.73 Å². The monoisotopic (exact) mass is 186 g/mol. The predicted molar refractivity (Wildman–Crippen MR) is 59.8 cm³/mol. The Morgan fingerprint density at radius 1 is 1.08 bits per heavy atom. The van der Waals surface area contributed by atoms with Crippen molar-refractivity contribution in [2.45, 2.75) is 46.6 Å². The summed E-state index contributed by atoms with van der Waals surface area (Å²) in [6.07, 6.45) is 2.48. The molecule has 2 unspecified atom stereocenters. The van der Waals surface area contributed by atoms with Crippen molar-refractivity contribution in [1.29, 1.82) is 0 Å². The number of hydrogen-bond donors (Lipinski definition) is 1. The van der Waals surface area contributed by atoms with Crippen LogP contribution in [0.1, 0.15) is 40.5 Å². The van der Waals surface area contributed by atoms with Gasteiger partial charge < -0.3 is 10.6 Å². The zero-order valence-electron chi connectivity index (χ0n) is 9.71. The predicted octanol–water partition coefficient (Wildman–Crippen LogP) is 2.09. The van der Waals surface area contributed by atoms with Crippen LogP contribution in [-0.4, -0.2) is 30.6 Å². The summed E-state index contributed by atoms with van der Waals surface area (Å²) in [6.45, 7) is 12.4. The average Bonchev–Trinajstić information content (AvgIpc) is 2.05. The molecule has 2 nitrogen and oxygen atoms in total. The third kappa shape index (κ3) is 6.05. The molecule has 0 saturated heterocycles. The Hall–Kier alpha value is -0.0800. The number of nitrogens with zero attached hydrogens (tertiary/aromatic N) is 1. The number of hydrogen-bond acceptors (Lipinski definition) is 2. The summed E-state index contributed by atoms with van der Waals surface area (Å²) in [6, 6.07) is 0.316. The van der Waals surface area contributed by atoms with Gasteiger partial charge in [-0.1, -0.05) is 20.8 Å². The highest BCUT2D eigenvalue weighted by Gasteiger charge is 2.11. The molecule has 0 aliphatic carbocycles. The topological polar surface area (TPSA) is 29.3 Å². The molecule has 0 bridgehead atoms. The zero-order chi connectivity index (χ0) is 10.3. The van der Waals surface area contributed by atoms with Crippen LogP contribution in [0.3, 0.4) is 0 Å². The van der Waals surface area contributed by atoms with Gasteiger partial charge in [-0.05, 0) is 38.8 Å². The fourth-order valence-electron chi connectivity index (χ4n) is 1.50. The van der Waals surface area contributed by atoms with Gasteiger partial charge in [-0.15, -0.1) is 0 Å². The molecule has 0 spiro atoms. The first kappa shape index (κ1) is 12.9. The molecule has 13 heavy (non-hydrogen) atoms. The lowest BCUT2D eigenvalue weighted by molar-refractivity contribution is 0.226. The molecule has 0 aromatic carbocycles. The van der Waals surface area contributed by atoms with Gasteiger partial charge >= 0.3 is 0 Å². The summed E-state index contributed by atoms with van der Waals surface area (Å²) >= 11 is 0. The standard InChI is InChI=1S/C11H26N2/c1-5-7-13(8-6-2)9-10(3)11(4)12/h10-11H,5-9,12H2,1-4H3.